The van der Waals surface area contributed by atoms with Crippen molar-refractivity contribution in [2.45, 2.75) is 6.54 Å². The molecule has 1 aromatic heterocycles. The van der Waals surface area contributed by atoms with E-state index in [0.717, 1.165) is 11.6 Å². The lowest BCUT2D eigenvalue weighted by molar-refractivity contribution is -0.131. The van der Waals surface area contributed by atoms with Gasteiger partial charge in [-0.1, -0.05) is 54.6 Å². The van der Waals surface area contributed by atoms with Gasteiger partial charge in [0.2, 0.25) is 0 Å². The number of benzene rings is 2. The Balaban J connectivity index is 1.70. The minimum Gasteiger partial charge on any atom is -0.478 e. The Labute approximate surface area is 134 Å². The number of hydrogen-bond acceptors (Lipinski definition) is 2. The summed E-state index contributed by atoms with van der Waals surface area (Å²) in [6, 6.07) is 18.6. The van der Waals surface area contributed by atoms with E-state index in [2.05, 4.69) is 41.4 Å². The summed E-state index contributed by atoms with van der Waals surface area (Å²) in [7, 11) is 0. The first-order valence-electron chi connectivity index (χ1n) is 7.28. The van der Waals surface area contributed by atoms with E-state index in [4.69, 9.17) is 5.11 Å². The molecule has 0 saturated carbocycles. The number of aromatic nitrogens is 2. The Morgan fingerprint density at radius 3 is 2.43 bits per heavy atom. The largest absolute Gasteiger partial charge is 0.478 e. The minimum absolute atomic E-state index is 0.633. The van der Waals surface area contributed by atoms with Crippen molar-refractivity contribution >= 4 is 12.0 Å². The second kappa shape index (κ2) is 6.75. The van der Waals surface area contributed by atoms with Gasteiger partial charge >= 0.3 is 5.97 Å². The Kier molecular flexibility index (Phi) is 4.34. The number of carboxylic acids is 1. The molecular formula is C19H16N2O2. The number of nitrogens with zero attached hydrogens (tertiary/aromatic N) is 2. The highest BCUT2D eigenvalue weighted by molar-refractivity contribution is 5.84. The van der Waals surface area contributed by atoms with Gasteiger partial charge in [0, 0.05) is 18.8 Å². The maximum Gasteiger partial charge on any atom is 0.328 e. The fourth-order valence-corrected chi connectivity index (χ4v) is 2.35. The van der Waals surface area contributed by atoms with E-state index in [1.165, 1.54) is 17.2 Å². The molecule has 4 heteroatoms. The highest BCUT2D eigenvalue weighted by Gasteiger charge is 2.00. The summed E-state index contributed by atoms with van der Waals surface area (Å²) in [6.07, 6.45) is 6.09. The van der Waals surface area contributed by atoms with Crippen molar-refractivity contribution in [2.24, 2.45) is 0 Å². The summed E-state index contributed by atoms with van der Waals surface area (Å²) in [5.74, 6) is -0.976. The summed E-state index contributed by atoms with van der Waals surface area (Å²) in [6.45, 7) is 0.697. The topological polar surface area (TPSA) is 55.1 Å². The summed E-state index contributed by atoms with van der Waals surface area (Å²) in [5, 5.41) is 8.62. The normalized spacial score (nSPS) is 11.0. The average molecular weight is 304 g/mol. The van der Waals surface area contributed by atoms with Crippen molar-refractivity contribution in [1.29, 1.82) is 0 Å². The van der Waals surface area contributed by atoms with Crippen LogP contribution in [0.25, 0.3) is 17.2 Å². The van der Waals surface area contributed by atoms with Crippen molar-refractivity contribution in [3.8, 4) is 11.1 Å². The van der Waals surface area contributed by atoms with Crippen LogP contribution in [0.1, 0.15) is 11.3 Å². The number of aliphatic carboxylic acids is 1. The van der Waals surface area contributed by atoms with E-state index >= 15 is 0 Å². The smallest absolute Gasteiger partial charge is 0.328 e. The van der Waals surface area contributed by atoms with Gasteiger partial charge < -0.3 is 9.67 Å². The zero-order valence-electron chi connectivity index (χ0n) is 12.5. The molecule has 0 aliphatic heterocycles. The molecule has 0 unspecified atom stereocenters. The van der Waals surface area contributed by atoms with Gasteiger partial charge in [-0.3, -0.25) is 0 Å². The molecule has 0 atom stereocenters. The second-order valence-electron chi connectivity index (χ2n) is 5.21. The Bertz CT molecular complexity index is 818. The van der Waals surface area contributed by atoms with E-state index in [1.54, 1.807) is 6.33 Å². The third-order valence-corrected chi connectivity index (χ3v) is 3.48. The van der Waals surface area contributed by atoms with Crippen molar-refractivity contribution < 1.29 is 9.90 Å². The van der Waals surface area contributed by atoms with Gasteiger partial charge in [0.25, 0.3) is 0 Å². The van der Waals surface area contributed by atoms with Gasteiger partial charge in [-0.15, -0.1) is 0 Å². The number of imidazole rings is 1. The van der Waals surface area contributed by atoms with Crippen LogP contribution in [0.2, 0.25) is 0 Å². The van der Waals surface area contributed by atoms with Crippen LogP contribution in [0.15, 0.2) is 73.2 Å². The maximum absolute atomic E-state index is 10.5. The van der Waals surface area contributed by atoms with Gasteiger partial charge in [0.15, 0.2) is 0 Å². The molecule has 23 heavy (non-hydrogen) atoms. The third kappa shape index (κ3) is 3.95. The van der Waals surface area contributed by atoms with Crippen molar-refractivity contribution in [1.82, 2.24) is 9.55 Å². The molecule has 0 amide bonds. The van der Waals surface area contributed by atoms with Gasteiger partial charge in [-0.05, 0) is 22.8 Å². The number of rotatable bonds is 5. The lowest BCUT2D eigenvalue weighted by atomic mass is 10.0. The van der Waals surface area contributed by atoms with Crippen LogP contribution >= 0.6 is 0 Å². The summed E-state index contributed by atoms with van der Waals surface area (Å²) in [5.41, 5.74) is 4.18. The molecular weight excluding hydrogens is 288 g/mol. The monoisotopic (exact) mass is 304 g/mol. The van der Waals surface area contributed by atoms with Gasteiger partial charge in [0.1, 0.15) is 0 Å². The highest BCUT2D eigenvalue weighted by Crippen LogP contribution is 2.19. The summed E-state index contributed by atoms with van der Waals surface area (Å²) < 4.78 is 1.93. The minimum atomic E-state index is -0.976. The molecule has 0 radical (unpaired) electrons. The van der Waals surface area contributed by atoms with Gasteiger partial charge in [-0.2, -0.15) is 0 Å². The zero-order valence-corrected chi connectivity index (χ0v) is 12.5. The van der Waals surface area contributed by atoms with Gasteiger partial charge in [-0.25, -0.2) is 9.78 Å². The Morgan fingerprint density at radius 2 is 1.74 bits per heavy atom. The van der Waals surface area contributed by atoms with Crippen LogP contribution in [0.4, 0.5) is 0 Å². The molecule has 0 saturated heterocycles. The predicted octanol–water partition coefficient (Wildman–Crippen LogP) is 3.70. The molecule has 1 N–H and O–H groups in total. The van der Waals surface area contributed by atoms with E-state index in [-0.39, 0.29) is 0 Å². The summed E-state index contributed by atoms with van der Waals surface area (Å²) >= 11 is 0. The van der Waals surface area contributed by atoms with Crippen LogP contribution in [0.3, 0.4) is 0 Å². The Morgan fingerprint density at radius 1 is 1.04 bits per heavy atom. The molecule has 0 fully saturated rings. The molecule has 0 bridgehead atoms. The summed E-state index contributed by atoms with van der Waals surface area (Å²) in [4.78, 5) is 14.7. The van der Waals surface area contributed by atoms with Crippen molar-refractivity contribution in [2.75, 3.05) is 0 Å². The Hall–Kier alpha value is -3.14. The predicted molar refractivity (Wildman–Crippen MR) is 89.9 cm³/mol. The van der Waals surface area contributed by atoms with Crippen LogP contribution in [0.5, 0.6) is 0 Å². The fraction of sp³-hybridized carbons (Fsp3) is 0.0526. The highest BCUT2D eigenvalue weighted by atomic mass is 16.4. The maximum atomic E-state index is 10.5. The zero-order chi connectivity index (χ0) is 16.1. The van der Waals surface area contributed by atoms with E-state index in [0.29, 0.717) is 12.2 Å². The lowest BCUT2D eigenvalue weighted by Gasteiger charge is -2.05. The SMILES string of the molecule is O=C(O)C=Cc1cn(Cc2ccc(-c3ccccc3)cc2)cn1. The number of hydrogen-bond donors (Lipinski definition) is 1. The quantitative estimate of drug-likeness (QED) is 0.731. The van der Waals surface area contributed by atoms with E-state index in [1.807, 2.05) is 29.0 Å². The molecule has 2 aromatic carbocycles. The van der Waals surface area contributed by atoms with Crippen LogP contribution in [-0.2, 0) is 11.3 Å². The van der Waals surface area contributed by atoms with Crippen molar-refractivity contribution in [3.63, 3.8) is 0 Å². The first kappa shape index (κ1) is 14.8. The van der Waals surface area contributed by atoms with Crippen LogP contribution < -0.4 is 0 Å². The second-order valence-corrected chi connectivity index (χ2v) is 5.21. The van der Waals surface area contributed by atoms with Crippen molar-refractivity contribution in [3.05, 3.63) is 84.5 Å². The molecule has 4 nitrogen and oxygen atoms in total. The molecule has 1 heterocycles. The molecule has 0 aliphatic rings. The molecule has 0 aliphatic carbocycles. The molecule has 3 rings (SSSR count). The van der Waals surface area contributed by atoms with Crippen LogP contribution in [-0.4, -0.2) is 20.6 Å². The number of carbonyl (C=O) groups is 1. The fourth-order valence-electron chi connectivity index (χ4n) is 2.35. The average Bonchev–Trinajstić information content (AvgIpc) is 3.02. The van der Waals surface area contributed by atoms with Crippen LogP contribution in [0, 0.1) is 0 Å². The van der Waals surface area contributed by atoms with E-state index < -0.39 is 5.97 Å². The number of carboxylic acid groups (broad SMARTS) is 1. The van der Waals surface area contributed by atoms with Gasteiger partial charge in [0.05, 0.1) is 12.0 Å². The third-order valence-electron chi connectivity index (χ3n) is 3.48. The molecule has 114 valence electrons. The standard InChI is InChI=1S/C19H16N2O2/c22-19(23)11-10-18-13-21(14-20-18)12-15-6-8-17(9-7-15)16-4-2-1-3-5-16/h1-11,13-14H,12H2,(H,22,23). The first-order chi connectivity index (χ1) is 11.2. The van der Waals surface area contributed by atoms with E-state index in [9.17, 15) is 4.79 Å². The molecule has 3 aromatic rings. The molecule has 0 spiro atoms. The lowest BCUT2D eigenvalue weighted by Crippen LogP contribution is -1.96. The first-order valence-corrected chi connectivity index (χ1v) is 7.28.